The van der Waals surface area contributed by atoms with Crippen LogP contribution in [0, 0.1) is 0 Å². The smallest absolute Gasteiger partial charge is 0.118 e. The van der Waals surface area contributed by atoms with Crippen LogP contribution in [0.5, 0.6) is 0 Å². The highest BCUT2D eigenvalue weighted by Crippen LogP contribution is 2.11. The molecule has 0 aliphatic rings. The predicted octanol–water partition coefficient (Wildman–Crippen LogP) is 5.50. The Balaban J connectivity index is 4.30. The van der Waals surface area contributed by atoms with Gasteiger partial charge in [-0.15, -0.1) is 0 Å². The van der Waals surface area contributed by atoms with E-state index in [1.165, 1.54) is 11.1 Å². The van der Waals surface area contributed by atoms with Crippen molar-refractivity contribution in [1.29, 1.82) is 0 Å². The van der Waals surface area contributed by atoms with E-state index in [9.17, 15) is 4.39 Å². The maximum atomic E-state index is 13.0. The fourth-order valence-electron chi connectivity index (χ4n) is 1.21. The van der Waals surface area contributed by atoms with E-state index in [-0.39, 0.29) is 5.83 Å². The second kappa shape index (κ2) is 9.14. The molecule has 16 heavy (non-hydrogen) atoms. The van der Waals surface area contributed by atoms with E-state index in [1.54, 1.807) is 12.2 Å². The summed E-state index contributed by atoms with van der Waals surface area (Å²) >= 11 is 0. The molecule has 0 aromatic heterocycles. The fourth-order valence-corrected chi connectivity index (χ4v) is 1.21. The molecule has 1 heteroatoms. The second-order valence-electron chi connectivity index (χ2n) is 3.88. The van der Waals surface area contributed by atoms with E-state index in [0.717, 1.165) is 19.3 Å². The van der Waals surface area contributed by atoms with Crippen LogP contribution in [-0.4, -0.2) is 0 Å². The molecule has 0 fully saturated rings. The van der Waals surface area contributed by atoms with Crippen molar-refractivity contribution in [3.8, 4) is 0 Å². The van der Waals surface area contributed by atoms with Gasteiger partial charge in [-0.2, -0.15) is 0 Å². The van der Waals surface area contributed by atoms with Crippen LogP contribution < -0.4 is 0 Å². The van der Waals surface area contributed by atoms with Gasteiger partial charge in [0.1, 0.15) is 5.83 Å². The highest BCUT2D eigenvalue weighted by atomic mass is 19.1. The van der Waals surface area contributed by atoms with E-state index in [4.69, 9.17) is 0 Å². The zero-order valence-corrected chi connectivity index (χ0v) is 10.9. The third kappa shape index (κ3) is 7.22. The highest BCUT2D eigenvalue weighted by Gasteiger charge is 1.91. The molecule has 0 N–H and O–H groups in total. The number of hydrogen-bond acceptors (Lipinski definition) is 0. The van der Waals surface area contributed by atoms with Crippen LogP contribution >= 0.6 is 0 Å². The van der Waals surface area contributed by atoms with Crippen molar-refractivity contribution in [3.63, 3.8) is 0 Å². The van der Waals surface area contributed by atoms with Crippen LogP contribution in [0.15, 0.2) is 47.4 Å². The van der Waals surface area contributed by atoms with Crippen LogP contribution in [0.25, 0.3) is 0 Å². The summed E-state index contributed by atoms with van der Waals surface area (Å²) in [5, 5.41) is 0. The first-order chi connectivity index (χ1) is 7.61. The molecular formula is C15H23F. The maximum Gasteiger partial charge on any atom is 0.118 e. The van der Waals surface area contributed by atoms with E-state index in [0.29, 0.717) is 0 Å². The molecule has 0 aromatic carbocycles. The van der Waals surface area contributed by atoms with Gasteiger partial charge in [-0.3, -0.25) is 0 Å². The molecule has 0 rings (SSSR count). The first-order valence-electron chi connectivity index (χ1n) is 5.96. The molecule has 0 radical (unpaired) electrons. The summed E-state index contributed by atoms with van der Waals surface area (Å²) in [6.45, 7) is 8.22. The van der Waals surface area contributed by atoms with Gasteiger partial charge < -0.3 is 0 Å². The van der Waals surface area contributed by atoms with Crippen molar-refractivity contribution in [2.24, 2.45) is 0 Å². The van der Waals surface area contributed by atoms with Gasteiger partial charge in [-0.05, 0) is 45.3 Å². The van der Waals surface area contributed by atoms with Crippen LogP contribution in [0.2, 0.25) is 0 Å². The minimum Gasteiger partial charge on any atom is -0.207 e. The zero-order valence-electron chi connectivity index (χ0n) is 10.9. The van der Waals surface area contributed by atoms with E-state index in [1.807, 2.05) is 13.0 Å². The molecular weight excluding hydrogens is 199 g/mol. The quantitative estimate of drug-likeness (QED) is 0.521. The molecule has 0 atom stereocenters. The Hall–Kier alpha value is -1.11. The number of allylic oxidation sites excluding steroid dienone is 8. The summed E-state index contributed by atoms with van der Waals surface area (Å²) in [6.07, 6.45) is 11.9. The SMILES string of the molecule is CC/C=C/C(C)=C(\C)C/C=C\C(F)=C/CC. The van der Waals surface area contributed by atoms with Crippen LogP contribution in [0.1, 0.15) is 47.0 Å². The summed E-state index contributed by atoms with van der Waals surface area (Å²) in [5.41, 5.74) is 2.55. The minimum atomic E-state index is -0.142. The van der Waals surface area contributed by atoms with E-state index >= 15 is 0 Å². The molecule has 0 aliphatic carbocycles. The molecule has 0 saturated heterocycles. The van der Waals surface area contributed by atoms with Crippen molar-refractivity contribution in [2.45, 2.75) is 47.0 Å². The van der Waals surface area contributed by atoms with Crippen molar-refractivity contribution in [2.75, 3.05) is 0 Å². The lowest BCUT2D eigenvalue weighted by atomic mass is 10.1. The molecule has 90 valence electrons. The summed E-state index contributed by atoms with van der Waals surface area (Å²) in [5.74, 6) is -0.142. The molecule has 0 spiro atoms. The predicted molar refractivity (Wildman–Crippen MR) is 71.0 cm³/mol. The number of rotatable bonds is 6. The molecule has 0 saturated carbocycles. The first kappa shape index (κ1) is 14.9. The molecule has 0 heterocycles. The third-order valence-electron chi connectivity index (χ3n) is 2.38. The maximum absolute atomic E-state index is 13.0. The Bertz CT molecular complexity index is 303. The lowest BCUT2D eigenvalue weighted by molar-refractivity contribution is 0.660. The van der Waals surface area contributed by atoms with Crippen molar-refractivity contribution < 1.29 is 4.39 Å². The van der Waals surface area contributed by atoms with Gasteiger partial charge in [0.25, 0.3) is 0 Å². The Morgan fingerprint density at radius 1 is 1.00 bits per heavy atom. The second-order valence-corrected chi connectivity index (χ2v) is 3.88. The van der Waals surface area contributed by atoms with Gasteiger partial charge in [0.15, 0.2) is 0 Å². The monoisotopic (exact) mass is 222 g/mol. The van der Waals surface area contributed by atoms with Gasteiger partial charge in [0.05, 0.1) is 0 Å². The first-order valence-corrected chi connectivity index (χ1v) is 5.96. The van der Waals surface area contributed by atoms with Gasteiger partial charge >= 0.3 is 0 Å². The third-order valence-corrected chi connectivity index (χ3v) is 2.38. The van der Waals surface area contributed by atoms with Crippen LogP contribution in [-0.2, 0) is 0 Å². The lowest BCUT2D eigenvalue weighted by Gasteiger charge is -1.99. The average molecular weight is 222 g/mol. The Morgan fingerprint density at radius 2 is 1.69 bits per heavy atom. The Morgan fingerprint density at radius 3 is 2.25 bits per heavy atom. The van der Waals surface area contributed by atoms with Gasteiger partial charge in [0.2, 0.25) is 0 Å². The number of hydrogen-bond donors (Lipinski definition) is 0. The minimum absolute atomic E-state index is 0.142. The fraction of sp³-hybridized carbons (Fsp3) is 0.467. The zero-order chi connectivity index (χ0) is 12.4. The molecule has 0 nitrogen and oxygen atoms in total. The number of halogens is 1. The largest absolute Gasteiger partial charge is 0.207 e. The van der Waals surface area contributed by atoms with E-state index in [2.05, 4.69) is 32.9 Å². The van der Waals surface area contributed by atoms with Crippen LogP contribution in [0.4, 0.5) is 4.39 Å². The Labute approximate surface area is 99.3 Å². The lowest BCUT2D eigenvalue weighted by Crippen LogP contribution is -1.79. The van der Waals surface area contributed by atoms with Gasteiger partial charge in [-0.25, -0.2) is 4.39 Å². The normalized spacial score (nSPS) is 14.9. The molecule has 0 amide bonds. The van der Waals surface area contributed by atoms with Gasteiger partial charge in [-0.1, -0.05) is 43.2 Å². The van der Waals surface area contributed by atoms with Crippen molar-refractivity contribution in [1.82, 2.24) is 0 Å². The van der Waals surface area contributed by atoms with Crippen molar-refractivity contribution >= 4 is 0 Å². The molecule has 0 unspecified atom stereocenters. The standard InChI is InChI=1S/C15H23F/c1-5-7-10-13(3)14(4)11-8-12-15(16)9-6-2/h7-10,12H,5-6,11H2,1-4H3/b10-7+,12-8-,14-13+,15-9+. The highest BCUT2D eigenvalue weighted by molar-refractivity contribution is 5.25. The topological polar surface area (TPSA) is 0 Å². The summed E-state index contributed by atoms with van der Waals surface area (Å²) < 4.78 is 13.0. The summed E-state index contributed by atoms with van der Waals surface area (Å²) in [6, 6.07) is 0. The average Bonchev–Trinajstić information content (AvgIpc) is 2.26. The van der Waals surface area contributed by atoms with Crippen LogP contribution in [0.3, 0.4) is 0 Å². The van der Waals surface area contributed by atoms with Gasteiger partial charge in [0, 0.05) is 0 Å². The molecule has 0 aliphatic heterocycles. The summed E-state index contributed by atoms with van der Waals surface area (Å²) in [7, 11) is 0. The van der Waals surface area contributed by atoms with Crippen molar-refractivity contribution in [3.05, 3.63) is 47.4 Å². The molecule has 0 aromatic rings. The van der Waals surface area contributed by atoms with E-state index < -0.39 is 0 Å². The Kier molecular flexibility index (Phi) is 8.51. The molecule has 0 bridgehead atoms. The summed E-state index contributed by atoms with van der Waals surface area (Å²) in [4.78, 5) is 0.